The van der Waals surface area contributed by atoms with Crippen LogP contribution >= 0.6 is 0 Å². The maximum Gasteiger partial charge on any atom is 0.435 e. The van der Waals surface area contributed by atoms with Crippen LogP contribution in [0.1, 0.15) is 41.8 Å². The van der Waals surface area contributed by atoms with E-state index in [1.165, 1.54) is 18.4 Å². The summed E-state index contributed by atoms with van der Waals surface area (Å²) in [6, 6.07) is 7.49. The summed E-state index contributed by atoms with van der Waals surface area (Å²) in [4.78, 5) is 14.6. The lowest BCUT2D eigenvalue weighted by Crippen LogP contribution is -2.38. The van der Waals surface area contributed by atoms with Gasteiger partial charge < -0.3 is 9.73 Å². The number of benzene rings is 1. The Labute approximate surface area is 175 Å². The van der Waals surface area contributed by atoms with Gasteiger partial charge in [-0.2, -0.15) is 13.2 Å². The summed E-state index contributed by atoms with van der Waals surface area (Å²) in [6.07, 6.45) is -3.46. The number of aromatic nitrogens is 3. The predicted octanol–water partition coefficient (Wildman–Crippen LogP) is 3.83. The van der Waals surface area contributed by atoms with Crippen molar-refractivity contribution in [2.24, 2.45) is 0 Å². The van der Waals surface area contributed by atoms with Crippen molar-refractivity contribution in [1.29, 1.82) is 0 Å². The topological polar surface area (TPSA) is 76.2 Å². The molecule has 2 aromatic heterocycles. The average molecular weight is 439 g/mol. The first-order valence-corrected chi connectivity index (χ1v) is 9.60. The molecule has 2 heterocycles. The maximum absolute atomic E-state index is 13.8. The molecule has 0 aliphatic carbocycles. The summed E-state index contributed by atoms with van der Waals surface area (Å²) >= 11 is 0. The van der Waals surface area contributed by atoms with Crippen molar-refractivity contribution in [2.75, 3.05) is 19.6 Å². The van der Waals surface area contributed by atoms with Crippen LogP contribution in [0, 0.1) is 5.82 Å². The molecule has 11 heteroatoms. The summed E-state index contributed by atoms with van der Waals surface area (Å²) in [5.41, 5.74) is -2.47. The van der Waals surface area contributed by atoms with Crippen molar-refractivity contribution >= 4 is 5.91 Å². The molecule has 0 bridgehead atoms. The number of likely N-dealkylation sites (N-methyl/N-ethyl adjacent to an activating group) is 1. The van der Waals surface area contributed by atoms with Gasteiger partial charge in [0.05, 0.1) is 18.0 Å². The molecule has 0 radical (unpaired) electrons. The number of carbonyl (C=O) groups excluding carboxylic acids is 1. The largest absolute Gasteiger partial charge is 0.468 e. The van der Waals surface area contributed by atoms with E-state index >= 15 is 0 Å². The van der Waals surface area contributed by atoms with Crippen LogP contribution in [0.25, 0.3) is 5.69 Å². The molecular weight excluding hydrogens is 418 g/mol. The van der Waals surface area contributed by atoms with Crippen molar-refractivity contribution in [1.82, 2.24) is 25.2 Å². The quantitative estimate of drug-likeness (QED) is 0.540. The van der Waals surface area contributed by atoms with Crippen LogP contribution < -0.4 is 5.32 Å². The first-order chi connectivity index (χ1) is 14.8. The standard InChI is InChI=1S/C20H21F4N5O2/c1-3-28(4-2)15(16-9-6-10-31-16)12-25-19(30)17-18(20(22,23)24)29(27-26-17)14-8-5-7-13(21)11-14/h5-11,15H,3-4,12H2,1-2H3,(H,25,30). The molecule has 3 rings (SSSR count). The molecule has 166 valence electrons. The Bertz CT molecular complexity index is 1010. The van der Waals surface area contributed by atoms with Crippen molar-refractivity contribution in [3.8, 4) is 5.69 Å². The molecule has 0 aliphatic rings. The zero-order valence-corrected chi connectivity index (χ0v) is 16.9. The summed E-state index contributed by atoms with van der Waals surface area (Å²) in [6.45, 7) is 5.13. The van der Waals surface area contributed by atoms with Gasteiger partial charge in [0.15, 0.2) is 11.4 Å². The number of alkyl halides is 3. The van der Waals surface area contributed by atoms with Gasteiger partial charge in [-0.05, 0) is 43.4 Å². The third kappa shape index (κ3) is 4.93. The van der Waals surface area contributed by atoms with E-state index in [9.17, 15) is 22.4 Å². The van der Waals surface area contributed by atoms with E-state index in [4.69, 9.17) is 4.42 Å². The van der Waals surface area contributed by atoms with Crippen molar-refractivity contribution in [3.05, 3.63) is 65.6 Å². The monoisotopic (exact) mass is 439 g/mol. The van der Waals surface area contributed by atoms with Crippen LogP contribution in [-0.4, -0.2) is 45.4 Å². The molecule has 1 unspecified atom stereocenters. The van der Waals surface area contributed by atoms with Crippen LogP contribution in [0.15, 0.2) is 47.1 Å². The zero-order valence-electron chi connectivity index (χ0n) is 16.9. The first kappa shape index (κ1) is 22.5. The molecule has 1 N–H and O–H groups in total. The highest BCUT2D eigenvalue weighted by atomic mass is 19.4. The van der Waals surface area contributed by atoms with Crippen LogP contribution in [0.2, 0.25) is 0 Å². The summed E-state index contributed by atoms with van der Waals surface area (Å²) in [5.74, 6) is -1.21. The summed E-state index contributed by atoms with van der Waals surface area (Å²) in [7, 11) is 0. The number of hydrogen-bond donors (Lipinski definition) is 1. The Morgan fingerprint density at radius 3 is 2.55 bits per heavy atom. The summed E-state index contributed by atoms with van der Waals surface area (Å²) in [5, 5.41) is 9.38. The van der Waals surface area contributed by atoms with Gasteiger partial charge in [-0.15, -0.1) is 5.10 Å². The molecule has 3 aromatic rings. The second-order valence-corrected chi connectivity index (χ2v) is 6.64. The molecule has 0 saturated carbocycles. The van der Waals surface area contributed by atoms with E-state index in [1.807, 2.05) is 18.7 Å². The molecule has 1 aromatic carbocycles. The van der Waals surface area contributed by atoms with Gasteiger partial charge >= 0.3 is 6.18 Å². The van der Waals surface area contributed by atoms with Gasteiger partial charge in [0.1, 0.15) is 11.6 Å². The van der Waals surface area contributed by atoms with Crippen LogP contribution in [-0.2, 0) is 6.18 Å². The predicted molar refractivity (Wildman–Crippen MR) is 103 cm³/mol. The number of nitrogens with zero attached hydrogens (tertiary/aromatic N) is 4. The van der Waals surface area contributed by atoms with E-state index < -0.39 is 29.3 Å². The van der Waals surface area contributed by atoms with Crippen LogP contribution in [0.5, 0.6) is 0 Å². The fraction of sp³-hybridized carbons (Fsp3) is 0.350. The van der Waals surface area contributed by atoms with Crippen molar-refractivity contribution < 1.29 is 26.8 Å². The molecule has 1 atom stereocenters. The third-order valence-corrected chi connectivity index (χ3v) is 4.79. The van der Waals surface area contributed by atoms with Crippen molar-refractivity contribution in [2.45, 2.75) is 26.1 Å². The van der Waals surface area contributed by atoms with Gasteiger partial charge in [-0.25, -0.2) is 9.07 Å². The summed E-state index contributed by atoms with van der Waals surface area (Å²) < 4.78 is 60.6. The van der Waals surface area contributed by atoms with Crippen molar-refractivity contribution in [3.63, 3.8) is 0 Å². The van der Waals surface area contributed by atoms with E-state index in [2.05, 4.69) is 15.6 Å². The highest BCUT2D eigenvalue weighted by Crippen LogP contribution is 2.33. The third-order valence-electron chi connectivity index (χ3n) is 4.79. The number of halogens is 4. The smallest absolute Gasteiger partial charge is 0.435 e. The molecule has 7 nitrogen and oxygen atoms in total. The fourth-order valence-corrected chi connectivity index (χ4v) is 3.31. The van der Waals surface area contributed by atoms with Gasteiger partial charge in [-0.1, -0.05) is 25.1 Å². The Hall–Kier alpha value is -3.21. The van der Waals surface area contributed by atoms with Gasteiger partial charge in [0, 0.05) is 6.54 Å². The lowest BCUT2D eigenvalue weighted by molar-refractivity contribution is -0.143. The minimum absolute atomic E-state index is 0.00184. The number of furan rings is 1. The lowest BCUT2D eigenvalue weighted by Gasteiger charge is -2.28. The molecule has 0 saturated heterocycles. The first-order valence-electron chi connectivity index (χ1n) is 9.60. The number of rotatable bonds is 8. The number of amides is 1. The minimum Gasteiger partial charge on any atom is -0.468 e. The van der Waals surface area contributed by atoms with Gasteiger partial charge in [0.2, 0.25) is 0 Å². The van der Waals surface area contributed by atoms with Crippen LogP contribution in [0.3, 0.4) is 0 Å². The van der Waals surface area contributed by atoms with Gasteiger partial charge in [0.25, 0.3) is 5.91 Å². The van der Waals surface area contributed by atoms with E-state index in [1.54, 1.807) is 12.1 Å². The number of nitrogens with one attached hydrogen (secondary N) is 1. The zero-order chi connectivity index (χ0) is 22.6. The fourth-order valence-electron chi connectivity index (χ4n) is 3.31. The molecule has 0 aliphatic heterocycles. The van der Waals surface area contributed by atoms with E-state index in [0.29, 0.717) is 23.5 Å². The number of hydrogen-bond acceptors (Lipinski definition) is 5. The molecule has 0 spiro atoms. The Kier molecular flexibility index (Phi) is 6.74. The second kappa shape index (κ2) is 9.29. The number of carbonyl (C=O) groups is 1. The van der Waals surface area contributed by atoms with Gasteiger partial charge in [-0.3, -0.25) is 9.69 Å². The highest BCUT2D eigenvalue weighted by Gasteiger charge is 2.42. The SMILES string of the molecule is CCN(CC)C(CNC(=O)c1nnn(-c2cccc(F)c2)c1C(F)(F)F)c1ccco1. The average Bonchev–Trinajstić information content (AvgIpc) is 3.40. The Balaban J connectivity index is 1.89. The van der Waals surface area contributed by atoms with E-state index in [-0.39, 0.29) is 18.3 Å². The Morgan fingerprint density at radius 1 is 1.23 bits per heavy atom. The lowest BCUT2D eigenvalue weighted by atomic mass is 10.1. The Morgan fingerprint density at radius 2 is 1.97 bits per heavy atom. The van der Waals surface area contributed by atoms with Crippen LogP contribution in [0.4, 0.5) is 17.6 Å². The van der Waals surface area contributed by atoms with E-state index in [0.717, 1.165) is 12.1 Å². The molecule has 0 fully saturated rings. The molecule has 1 amide bonds. The normalized spacial score (nSPS) is 12.9. The maximum atomic E-state index is 13.8. The molecule has 31 heavy (non-hydrogen) atoms. The minimum atomic E-state index is -4.94. The highest BCUT2D eigenvalue weighted by molar-refractivity contribution is 5.93. The second-order valence-electron chi connectivity index (χ2n) is 6.64. The molecular formula is C20H21F4N5O2.